The lowest BCUT2D eigenvalue weighted by Gasteiger charge is -2.02. The topological polar surface area (TPSA) is 47.3 Å². The van der Waals surface area contributed by atoms with Crippen LogP contribution in [-0.2, 0) is 6.42 Å². The number of rotatable bonds is 7. The van der Waals surface area contributed by atoms with Crippen molar-refractivity contribution in [2.45, 2.75) is 19.8 Å². The number of aryl methyl sites for hydroxylation is 1. The van der Waals surface area contributed by atoms with E-state index < -0.39 is 0 Å². The Labute approximate surface area is 113 Å². The van der Waals surface area contributed by atoms with Crippen LogP contribution in [0.15, 0.2) is 34.9 Å². The van der Waals surface area contributed by atoms with Crippen LogP contribution in [-0.4, -0.2) is 25.2 Å². The van der Waals surface area contributed by atoms with E-state index in [-0.39, 0.29) is 0 Å². The van der Waals surface area contributed by atoms with E-state index in [0.29, 0.717) is 6.61 Å². The zero-order valence-corrected chi connectivity index (χ0v) is 11.5. The lowest BCUT2D eigenvalue weighted by molar-refractivity contribution is 0.340. The molecular formula is C15H20N2O2. The quantitative estimate of drug-likeness (QED) is 0.778. The van der Waals surface area contributed by atoms with E-state index >= 15 is 0 Å². The van der Waals surface area contributed by atoms with Gasteiger partial charge in [0.1, 0.15) is 5.75 Å². The summed E-state index contributed by atoms with van der Waals surface area (Å²) in [4.78, 5) is 4.30. The highest BCUT2D eigenvalue weighted by Crippen LogP contribution is 2.23. The van der Waals surface area contributed by atoms with Crippen molar-refractivity contribution in [1.29, 1.82) is 0 Å². The summed E-state index contributed by atoms with van der Waals surface area (Å²) in [5.74, 6) is 2.47. The fourth-order valence-electron chi connectivity index (χ4n) is 1.86. The molecule has 1 aromatic heterocycles. The Bertz CT molecular complexity index is 491. The normalized spacial score (nSPS) is 10.6. The van der Waals surface area contributed by atoms with Crippen molar-refractivity contribution in [2.24, 2.45) is 0 Å². The molecule has 0 amide bonds. The highest BCUT2D eigenvalue weighted by atomic mass is 16.5. The van der Waals surface area contributed by atoms with Gasteiger partial charge in [0.25, 0.3) is 0 Å². The van der Waals surface area contributed by atoms with Crippen molar-refractivity contribution in [3.63, 3.8) is 0 Å². The third-order valence-electron chi connectivity index (χ3n) is 2.82. The predicted molar refractivity (Wildman–Crippen MR) is 75.4 cm³/mol. The number of nitrogens with zero attached hydrogens (tertiary/aromatic N) is 1. The molecule has 4 nitrogen and oxygen atoms in total. The van der Waals surface area contributed by atoms with E-state index in [2.05, 4.69) is 10.3 Å². The van der Waals surface area contributed by atoms with Crippen molar-refractivity contribution in [3.8, 4) is 17.1 Å². The first-order valence-corrected chi connectivity index (χ1v) is 6.66. The molecule has 0 saturated carbocycles. The van der Waals surface area contributed by atoms with Gasteiger partial charge in [0.05, 0.1) is 12.8 Å². The summed E-state index contributed by atoms with van der Waals surface area (Å²) in [5.41, 5.74) is 1.02. The van der Waals surface area contributed by atoms with E-state index in [1.54, 1.807) is 6.20 Å². The molecule has 19 heavy (non-hydrogen) atoms. The van der Waals surface area contributed by atoms with Gasteiger partial charge in [0, 0.05) is 12.0 Å². The maximum atomic E-state index is 5.74. The molecule has 1 N–H and O–H groups in total. The summed E-state index contributed by atoms with van der Waals surface area (Å²) in [7, 11) is 1.95. The molecule has 0 aliphatic carbocycles. The van der Waals surface area contributed by atoms with Crippen molar-refractivity contribution < 1.29 is 9.15 Å². The van der Waals surface area contributed by atoms with Gasteiger partial charge in [-0.2, -0.15) is 0 Å². The molecule has 0 fully saturated rings. The van der Waals surface area contributed by atoms with E-state index in [9.17, 15) is 0 Å². The molecule has 0 aliphatic rings. The number of oxazole rings is 1. The van der Waals surface area contributed by atoms with Crippen molar-refractivity contribution in [3.05, 3.63) is 36.4 Å². The summed E-state index contributed by atoms with van der Waals surface area (Å²) >= 11 is 0. The maximum absolute atomic E-state index is 5.74. The Morgan fingerprint density at radius 1 is 1.26 bits per heavy atom. The number of benzene rings is 1. The summed E-state index contributed by atoms with van der Waals surface area (Å²) in [6, 6.07) is 7.87. The largest absolute Gasteiger partial charge is 0.494 e. The van der Waals surface area contributed by atoms with Crippen LogP contribution in [0.5, 0.6) is 5.75 Å². The average Bonchev–Trinajstić information content (AvgIpc) is 2.89. The molecule has 0 spiro atoms. The Kier molecular flexibility index (Phi) is 4.98. The van der Waals surface area contributed by atoms with Gasteiger partial charge in [-0.3, -0.25) is 0 Å². The summed E-state index contributed by atoms with van der Waals surface area (Å²) in [6.07, 6.45) is 3.67. The zero-order chi connectivity index (χ0) is 13.5. The second-order valence-electron chi connectivity index (χ2n) is 4.28. The fourth-order valence-corrected chi connectivity index (χ4v) is 1.86. The second kappa shape index (κ2) is 6.95. The minimum atomic E-state index is 0.678. The summed E-state index contributed by atoms with van der Waals surface area (Å²) in [5, 5.41) is 3.11. The molecule has 0 radical (unpaired) electrons. The molecular weight excluding hydrogens is 240 g/mol. The molecule has 0 saturated heterocycles. The molecule has 1 heterocycles. The molecule has 0 atom stereocenters. The van der Waals surface area contributed by atoms with E-state index in [0.717, 1.165) is 42.4 Å². The Morgan fingerprint density at radius 3 is 2.74 bits per heavy atom. The van der Waals surface area contributed by atoms with Gasteiger partial charge < -0.3 is 14.5 Å². The van der Waals surface area contributed by atoms with Crippen LogP contribution >= 0.6 is 0 Å². The van der Waals surface area contributed by atoms with Crippen LogP contribution in [0.2, 0.25) is 0 Å². The van der Waals surface area contributed by atoms with Crippen LogP contribution < -0.4 is 10.1 Å². The number of ether oxygens (including phenoxy) is 1. The number of hydrogen-bond acceptors (Lipinski definition) is 4. The predicted octanol–water partition coefficient (Wildman–Crippen LogP) is 2.89. The maximum Gasteiger partial charge on any atom is 0.194 e. The van der Waals surface area contributed by atoms with Gasteiger partial charge >= 0.3 is 0 Å². The highest BCUT2D eigenvalue weighted by molar-refractivity contribution is 5.57. The minimum absolute atomic E-state index is 0.678. The molecule has 102 valence electrons. The number of hydrogen-bond donors (Lipinski definition) is 1. The van der Waals surface area contributed by atoms with Gasteiger partial charge in [0.15, 0.2) is 11.7 Å². The van der Waals surface area contributed by atoms with Gasteiger partial charge in [0.2, 0.25) is 0 Å². The van der Waals surface area contributed by atoms with Gasteiger partial charge in [-0.05, 0) is 51.2 Å². The molecule has 0 bridgehead atoms. The second-order valence-corrected chi connectivity index (χ2v) is 4.28. The minimum Gasteiger partial charge on any atom is -0.494 e. The Hall–Kier alpha value is -1.81. The van der Waals surface area contributed by atoms with E-state index in [4.69, 9.17) is 9.15 Å². The molecule has 1 aromatic carbocycles. The van der Waals surface area contributed by atoms with Crippen LogP contribution in [0.1, 0.15) is 19.2 Å². The smallest absolute Gasteiger partial charge is 0.194 e. The first-order chi connectivity index (χ1) is 9.33. The first kappa shape index (κ1) is 13.6. The molecule has 0 unspecified atom stereocenters. The van der Waals surface area contributed by atoms with Crippen LogP contribution in [0.4, 0.5) is 0 Å². The molecule has 4 heteroatoms. The van der Waals surface area contributed by atoms with Crippen molar-refractivity contribution >= 4 is 0 Å². The summed E-state index contributed by atoms with van der Waals surface area (Å²) in [6.45, 7) is 3.62. The average molecular weight is 260 g/mol. The Balaban J connectivity index is 2.01. The molecule has 2 aromatic rings. The number of aromatic nitrogens is 1. The number of nitrogens with one attached hydrogen (secondary N) is 1. The first-order valence-electron chi connectivity index (χ1n) is 6.66. The van der Waals surface area contributed by atoms with E-state index in [1.807, 2.05) is 38.2 Å². The van der Waals surface area contributed by atoms with E-state index in [1.165, 1.54) is 0 Å². The highest BCUT2D eigenvalue weighted by Gasteiger charge is 2.06. The fraction of sp³-hybridized carbons (Fsp3) is 0.400. The van der Waals surface area contributed by atoms with Crippen LogP contribution in [0, 0.1) is 0 Å². The lowest BCUT2D eigenvalue weighted by atomic mass is 10.2. The third kappa shape index (κ3) is 3.83. The molecule has 0 aliphatic heterocycles. The van der Waals surface area contributed by atoms with Crippen molar-refractivity contribution in [2.75, 3.05) is 20.2 Å². The van der Waals surface area contributed by atoms with Crippen LogP contribution in [0.3, 0.4) is 0 Å². The SMILES string of the molecule is CCOc1ccc(-c2cnc(CCCNC)o2)cc1. The van der Waals surface area contributed by atoms with Crippen LogP contribution in [0.25, 0.3) is 11.3 Å². The third-order valence-corrected chi connectivity index (χ3v) is 2.82. The monoisotopic (exact) mass is 260 g/mol. The Morgan fingerprint density at radius 2 is 2.05 bits per heavy atom. The van der Waals surface area contributed by atoms with Gasteiger partial charge in [-0.25, -0.2) is 4.98 Å². The summed E-state index contributed by atoms with van der Waals surface area (Å²) < 4.78 is 11.2. The molecule has 2 rings (SSSR count). The van der Waals surface area contributed by atoms with Gasteiger partial charge in [-0.15, -0.1) is 0 Å². The lowest BCUT2D eigenvalue weighted by Crippen LogP contribution is -2.08. The van der Waals surface area contributed by atoms with Crippen molar-refractivity contribution in [1.82, 2.24) is 10.3 Å². The van der Waals surface area contributed by atoms with Gasteiger partial charge in [-0.1, -0.05) is 0 Å². The zero-order valence-electron chi connectivity index (χ0n) is 11.5. The standard InChI is InChI=1S/C15H20N2O2/c1-3-18-13-8-6-12(7-9-13)14-11-17-15(19-14)5-4-10-16-2/h6-9,11,16H,3-5,10H2,1-2H3.